The average molecular weight is 375 g/mol. The van der Waals surface area contributed by atoms with Gasteiger partial charge in [-0.1, -0.05) is 18.2 Å². The van der Waals surface area contributed by atoms with Crippen molar-refractivity contribution in [3.05, 3.63) is 59.2 Å². The van der Waals surface area contributed by atoms with E-state index < -0.39 is 22.1 Å². The Bertz CT molecular complexity index is 950. The van der Waals surface area contributed by atoms with Crippen LogP contribution in [0.15, 0.2) is 47.4 Å². The van der Waals surface area contributed by atoms with Crippen LogP contribution in [0, 0.1) is 13.8 Å². The van der Waals surface area contributed by atoms with Gasteiger partial charge in [-0.2, -0.15) is 0 Å². The van der Waals surface area contributed by atoms with E-state index in [2.05, 4.69) is 4.72 Å². The summed E-state index contributed by atoms with van der Waals surface area (Å²) in [7, 11) is -3.89. The zero-order chi connectivity index (χ0) is 19.5. The van der Waals surface area contributed by atoms with Crippen molar-refractivity contribution in [3.8, 4) is 0 Å². The molecule has 1 unspecified atom stereocenters. The van der Waals surface area contributed by atoms with E-state index >= 15 is 0 Å². The molecule has 2 aromatic carbocycles. The predicted molar refractivity (Wildman–Crippen MR) is 98.7 cm³/mol. The van der Waals surface area contributed by atoms with Gasteiger partial charge >= 0.3 is 5.97 Å². The molecule has 0 bridgehead atoms. The van der Waals surface area contributed by atoms with Gasteiger partial charge in [0, 0.05) is 5.69 Å². The number of ketones is 1. The number of anilines is 1. The van der Waals surface area contributed by atoms with Crippen molar-refractivity contribution in [2.75, 3.05) is 4.72 Å². The average Bonchev–Trinajstić information content (AvgIpc) is 2.54. The summed E-state index contributed by atoms with van der Waals surface area (Å²) in [5, 5.41) is 0. The molecule has 0 heterocycles. The lowest BCUT2D eigenvalue weighted by molar-refractivity contribution is -0.124. The summed E-state index contributed by atoms with van der Waals surface area (Å²) in [6, 6.07) is 11.2. The highest BCUT2D eigenvalue weighted by Crippen LogP contribution is 2.22. The first-order valence-corrected chi connectivity index (χ1v) is 9.50. The first kappa shape index (κ1) is 19.7. The molecular weight excluding hydrogens is 354 g/mol. The Hall–Kier alpha value is -2.67. The van der Waals surface area contributed by atoms with E-state index in [4.69, 9.17) is 4.74 Å². The molecule has 0 aliphatic rings. The molecule has 0 aromatic heterocycles. The minimum atomic E-state index is -3.89. The fraction of sp³-hybridized carbons (Fsp3) is 0.263. The Kier molecular flexibility index (Phi) is 5.82. The van der Waals surface area contributed by atoms with Gasteiger partial charge in [0.1, 0.15) is 0 Å². The third-order valence-electron chi connectivity index (χ3n) is 3.84. The lowest BCUT2D eigenvalue weighted by Gasteiger charge is -2.13. The number of benzene rings is 2. The first-order chi connectivity index (χ1) is 12.1. The zero-order valence-electron chi connectivity index (χ0n) is 15.1. The Labute approximate surface area is 153 Å². The van der Waals surface area contributed by atoms with Crippen LogP contribution in [0.1, 0.15) is 35.3 Å². The molecule has 2 aromatic rings. The largest absolute Gasteiger partial charge is 0.451 e. The summed E-state index contributed by atoms with van der Waals surface area (Å²) >= 11 is 0. The van der Waals surface area contributed by atoms with E-state index in [-0.39, 0.29) is 16.2 Å². The standard InChI is InChI=1S/C19H21NO5S/c1-12-6-5-7-17(10-12)20-26(23,24)18-11-16(9-8-13(18)2)19(22)25-15(4)14(3)21/h5-11,15,20H,1-4H3. The molecule has 0 aliphatic carbocycles. The van der Waals surface area contributed by atoms with Gasteiger partial charge in [0.15, 0.2) is 11.9 Å². The maximum absolute atomic E-state index is 12.7. The lowest BCUT2D eigenvalue weighted by atomic mass is 10.1. The van der Waals surface area contributed by atoms with Crippen molar-refractivity contribution in [1.82, 2.24) is 0 Å². The summed E-state index contributed by atoms with van der Waals surface area (Å²) in [6.07, 6.45) is -0.894. The van der Waals surface area contributed by atoms with E-state index in [0.29, 0.717) is 11.3 Å². The van der Waals surface area contributed by atoms with Crippen molar-refractivity contribution < 1.29 is 22.7 Å². The molecule has 7 heteroatoms. The van der Waals surface area contributed by atoms with Crippen molar-refractivity contribution in [2.45, 2.75) is 38.7 Å². The van der Waals surface area contributed by atoms with Gasteiger partial charge < -0.3 is 4.74 Å². The fourth-order valence-corrected chi connectivity index (χ4v) is 3.57. The van der Waals surface area contributed by atoms with E-state index in [9.17, 15) is 18.0 Å². The molecule has 2 rings (SSSR count). The van der Waals surface area contributed by atoms with Crippen molar-refractivity contribution in [2.24, 2.45) is 0 Å². The topological polar surface area (TPSA) is 89.5 Å². The number of Topliss-reactive ketones (excluding diaryl/α,β-unsaturated/α-hetero) is 1. The van der Waals surface area contributed by atoms with Crippen LogP contribution in [0.2, 0.25) is 0 Å². The zero-order valence-corrected chi connectivity index (χ0v) is 15.9. The second-order valence-corrected chi connectivity index (χ2v) is 7.76. The Balaban J connectivity index is 2.33. The lowest BCUT2D eigenvalue weighted by Crippen LogP contribution is -2.22. The third kappa shape index (κ3) is 4.70. The summed E-state index contributed by atoms with van der Waals surface area (Å²) in [5.74, 6) is -1.04. The molecule has 0 amide bonds. The van der Waals surface area contributed by atoms with Gasteiger partial charge in [-0.05, 0) is 63.1 Å². The molecule has 0 radical (unpaired) electrons. The summed E-state index contributed by atoms with van der Waals surface area (Å²) in [5.41, 5.74) is 1.90. The highest BCUT2D eigenvalue weighted by Gasteiger charge is 2.21. The Morgan fingerprint density at radius 3 is 2.38 bits per heavy atom. The smallest absolute Gasteiger partial charge is 0.338 e. The minimum absolute atomic E-state index is 0.0241. The maximum atomic E-state index is 12.7. The SMILES string of the molecule is CC(=O)C(C)OC(=O)c1ccc(C)c(S(=O)(=O)Nc2cccc(C)c2)c1. The Morgan fingerprint density at radius 2 is 1.77 bits per heavy atom. The van der Waals surface area contributed by atoms with Gasteiger partial charge in [0.25, 0.3) is 10.0 Å². The number of esters is 1. The van der Waals surface area contributed by atoms with Crippen LogP contribution in [0.3, 0.4) is 0 Å². The van der Waals surface area contributed by atoms with Crippen molar-refractivity contribution >= 4 is 27.5 Å². The number of hydrogen-bond acceptors (Lipinski definition) is 5. The number of carbonyl (C=O) groups is 2. The van der Waals surface area contributed by atoms with Gasteiger partial charge in [0.2, 0.25) is 0 Å². The summed E-state index contributed by atoms with van der Waals surface area (Å²) < 4.78 is 33.0. The molecule has 138 valence electrons. The normalized spacial score (nSPS) is 12.3. The number of nitrogens with one attached hydrogen (secondary N) is 1. The van der Waals surface area contributed by atoms with Crippen LogP contribution in [-0.4, -0.2) is 26.3 Å². The van der Waals surface area contributed by atoms with E-state index in [1.807, 2.05) is 13.0 Å². The fourth-order valence-electron chi connectivity index (χ4n) is 2.25. The number of rotatable bonds is 6. The van der Waals surface area contributed by atoms with Gasteiger partial charge in [-0.3, -0.25) is 9.52 Å². The minimum Gasteiger partial charge on any atom is -0.451 e. The molecule has 0 saturated heterocycles. The van der Waals surface area contributed by atoms with Crippen LogP contribution in [0.25, 0.3) is 0 Å². The maximum Gasteiger partial charge on any atom is 0.338 e. The van der Waals surface area contributed by atoms with Gasteiger partial charge in [-0.15, -0.1) is 0 Å². The van der Waals surface area contributed by atoms with Crippen LogP contribution in [0.4, 0.5) is 5.69 Å². The third-order valence-corrected chi connectivity index (χ3v) is 5.36. The quantitative estimate of drug-likeness (QED) is 0.783. The van der Waals surface area contributed by atoms with Crippen LogP contribution < -0.4 is 4.72 Å². The summed E-state index contributed by atoms with van der Waals surface area (Å²) in [4.78, 5) is 23.4. The second-order valence-electron chi connectivity index (χ2n) is 6.11. The monoisotopic (exact) mass is 375 g/mol. The first-order valence-electron chi connectivity index (χ1n) is 8.02. The molecule has 0 spiro atoms. The number of aryl methyl sites for hydroxylation is 2. The molecule has 0 fully saturated rings. The molecule has 0 saturated carbocycles. The molecule has 26 heavy (non-hydrogen) atoms. The van der Waals surface area contributed by atoms with E-state index in [1.165, 1.54) is 32.0 Å². The highest BCUT2D eigenvalue weighted by atomic mass is 32.2. The van der Waals surface area contributed by atoms with Gasteiger partial charge in [0.05, 0.1) is 10.5 Å². The highest BCUT2D eigenvalue weighted by molar-refractivity contribution is 7.92. The predicted octanol–water partition coefficient (Wildman–Crippen LogP) is 3.24. The van der Waals surface area contributed by atoms with Crippen molar-refractivity contribution in [1.29, 1.82) is 0 Å². The van der Waals surface area contributed by atoms with Crippen LogP contribution >= 0.6 is 0 Å². The molecule has 6 nitrogen and oxygen atoms in total. The summed E-state index contributed by atoms with van der Waals surface area (Å²) in [6.45, 7) is 6.27. The van der Waals surface area contributed by atoms with E-state index in [1.54, 1.807) is 25.1 Å². The molecular formula is C19H21NO5S. The van der Waals surface area contributed by atoms with Crippen LogP contribution in [-0.2, 0) is 19.6 Å². The number of ether oxygens (including phenoxy) is 1. The molecule has 0 aliphatic heterocycles. The van der Waals surface area contributed by atoms with E-state index in [0.717, 1.165) is 5.56 Å². The van der Waals surface area contributed by atoms with Crippen LogP contribution in [0.5, 0.6) is 0 Å². The Morgan fingerprint density at radius 1 is 1.08 bits per heavy atom. The molecule has 1 atom stereocenters. The second kappa shape index (κ2) is 7.70. The van der Waals surface area contributed by atoms with Gasteiger partial charge in [-0.25, -0.2) is 13.2 Å². The number of carbonyl (C=O) groups excluding carboxylic acids is 2. The van der Waals surface area contributed by atoms with Crippen molar-refractivity contribution in [3.63, 3.8) is 0 Å². The number of hydrogen-bond donors (Lipinski definition) is 1. The number of sulfonamides is 1. The molecule has 1 N–H and O–H groups in total.